The lowest BCUT2D eigenvalue weighted by Gasteiger charge is -2.09. The normalized spacial score (nSPS) is 10.6. The third-order valence-corrected chi connectivity index (χ3v) is 2.46. The van der Waals surface area contributed by atoms with Gasteiger partial charge < -0.3 is 9.47 Å². The van der Waals surface area contributed by atoms with Crippen LogP contribution in [0.3, 0.4) is 0 Å². The first-order valence-corrected chi connectivity index (χ1v) is 6.33. The van der Waals surface area contributed by atoms with Gasteiger partial charge in [0.2, 0.25) is 5.91 Å². The number of nitrogens with zero attached hydrogens (tertiary/aromatic N) is 1. The third-order valence-electron chi connectivity index (χ3n) is 2.46. The number of amides is 1. The average molecular weight is 276 g/mol. The maximum absolute atomic E-state index is 11.3. The molecule has 0 aromatic heterocycles. The second-order valence-electron chi connectivity index (χ2n) is 4.40. The molecule has 0 unspecified atom stereocenters. The van der Waals surface area contributed by atoms with Crippen LogP contribution in [-0.2, 0) is 4.79 Å². The number of ether oxygens (including phenoxy) is 2. The van der Waals surface area contributed by atoms with Gasteiger partial charge >= 0.3 is 0 Å². The summed E-state index contributed by atoms with van der Waals surface area (Å²) < 4.78 is 10.7. The van der Waals surface area contributed by atoms with Crippen molar-refractivity contribution in [3.8, 4) is 11.5 Å². The SMILES string of the molecule is C=CCOc1ccc(/C=N/NC(=O)C(C)C)cc1OC. The van der Waals surface area contributed by atoms with Crippen LogP contribution in [0.4, 0.5) is 0 Å². The highest BCUT2D eigenvalue weighted by molar-refractivity contribution is 5.83. The summed E-state index contributed by atoms with van der Waals surface area (Å²) >= 11 is 0. The number of rotatable bonds is 7. The van der Waals surface area contributed by atoms with Crippen molar-refractivity contribution in [3.63, 3.8) is 0 Å². The van der Waals surface area contributed by atoms with Crippen LogP contribution in [0, 0.1) is 5.92 Å². The van der Waals surface area contributed by atoms with E-state index in [9.17, 15) is 4.79 Å². The van der Waals surface area contributed by atoms with Gasteiger partial charge in [0.1, 0.15) is 6.61 Å². The monoisotopic (exact) mass is 276 g/mol. The lowest BCUT2D eigenvalue weighted by Crippen LogP contribution is -2.22. The molecule has 0 aliphatic heterocycles. The molecule has 0 atom stereocenters. The first-order valence-electron chi connectivity index (χ1n) is 6.33. The van der Waals surface area contributed by atoms with Crippen LogP contribution in [0.15, 0.2) is 36.0 Å². The first-order chi connectivity index (χ1) is 9.58. The minimum Gasteiger partial charge on any atom is -0.493 e. The molecule has 1 amide bonds. The summed E-state index contributed by atoms with van der Waals surface area (Å²) in [5, 5.41) is 3.89. The van der Waals surface area contributed by atoms with E-state index < -0.39 is 0 Å². The van der Waals surface area contributed by atoms with E-state index in [1.807, 2.05) is 6.07 Å². The van der Waals surface area contributed by atoms with Crippen LogP contribution in [-0.4, -0.2) is 25.8 Å². The fraction of sp³-hybridized carbons (Fsp3) is 0.333. The molecule has 1 aromatic carbocycles. The molecular formula is C15H20N2O3. The van der Waals surface area contributed by atoms with Crippen LogP contribution >= 0.6 is 0 Å². The van der Waals surface area contributed by atoms with Crippen molar-refractivity contribution in [3.05, 3.63) is 36.4 Å². The lowest BCUT2D eigenvalue weighted by atomic mass is 10.2. The quantitative estimate of drug-likeness (QED) is 0.472. The minimum atomic E-state index is -0.126. The van der Waals surface area contributed by atoms with Gasteiger partial charge in [-0.05, 0) is 23.8 Å². The zero-order valence-corrected chi connectivity index (χ0v) is 12.1. The van der Waals surface area contributed by atoms with E-state index in [4.69, 9.17) is 9.47 Å². The van der Waals surface area contributed by atoms with Gasteiger partial charge in [-0.15, -0.1) is 0 Å². The Bertz CT molecular complexity index is 496. The maximum Gasteiger partial charge on any atom is 0.242 e. The summed E-state index contributed by atoms with van der Waals surface area (Å²) in [6.45, 7) is 7.61. The molecular weight excluding hydrogens is 256 g/mol. The number of hydrogen-bond donors (Lipinski definition) is 1. The van der Waals surface area contributed by atoms with E-state index in [0.29, 0.717) is 18.1 Å². The summed E-state index contributed by atoms with van der Waals surface area (Å²) in [7, 11) is 1.57. The Morgan fingerprint density at radius 2 is 2.20 bits per heavy atom. The van der Waals surface area contributed by atoms with Crippen LogP contribution in [0.2, 0.25) is 0 Å². The summed E-state index contributed by atoms with van der Waals surface area (Å²) in [6, 6.07) is 5.39. The van der Waals surface area contributed by atoms with E-state index in [0.717, 1.165) is 5.56 Å². The van der Waals surface area contributed by atoms with Gasteiger partial charge in [0.05, 0.1) is 13.3 Å². The fourth-order valence-electron chi connectivity index (χ4n) is 1.33. The van der Waals surface area contributed by atoms with Gasteiger partial charge in [-0.1, -0.05) is 26.5 Å². The van der Waals surface area contributed by atoms with Crippen molar-refractivity contribution in [2.45, 2.75) is 13.8 Å². The molecule has 5 heteroatoms. The van der Waals surface area contributed by atoms with Crippen LogP contribution in [0.5, 0.6) is 11.5 Å². The molecule has 0 radical (unpaired) electrons. The Hall–Kier alpha value is -2.30. The van der Waals surface area contributed by atoms with E-state index in [1.165, 1.54) is 0 Å². The number of methoxy groups -OCH3 is 1. The highest BCUT2D eigenvalue weighted by atomic mass is 16.5. The lowest BCUT2D eigenvalue weighted by molar-refractivity contribution is -0.123. The molecule has 108 valence electrons. The minimum absolute atomic E-state index is 0.101. The van der Waals surface area contributed by atoms with Crippen molar-refractivity contribution >= 4 is 12.1 Å². The molecule has 5 nitrogen and oxygen atoms in total. The highest BCUT2D eigenvalue weighted by Crippen LogP contribution is 2.27. The molecule has 0 saturated heterocycles. The van der Waals surface area contributed by atoms with Gasteiger partial charge in [-0.25, -0.2) is 5.43 Å². The molecule has 20 heavy (non-hydrogen) atoms. The fourth-order valence-corrected chi connectivity index (χ4v) is 1.33. The molecule has 0 bridgehead atoms. The Morgan fingerprint density at radius 1 is 1.45 bits per heavy atom. The number of nitrogens with one attached hydrogen (secondary N) is 1. The van der Waals surface area contributed by atoms with E-state index in [-0.39, 0.29) is 11.8 Å². The molecule has 0 aliphatic rings. The summed E-state index contributed by atoms with van der Waals surface area (Å²) in [5.74, 6) is 1.01. The van der Waals surface area contributed by atoms with Crippen molar-refractivity contribution < 1.29 is 14.3 Å². The van der Waals surface area contributed by atoms with Gasteiger partial charge in [0, 0.05) is 5.92 Å². The smallest absolute Gasteiger partial charge is 0.242 e. The van der Waals surface area contributed by atoms with Gasteiger partial charge in [-0.3, -0.25) is 4.79 Å². The van der Waals surface area contributed by atoms with Crippen molar-refractivity contribution in [1.82, 2.24) is 5.43 Å². The number of carbonyl (C=O) groups is 1. The molecule has 1 aromatic rings. The number of benzene rings is 1. The number of hydrazone groups is 1. The van der Waals surface area contributed by atoms with Crippen molar-refractivity contribution in [1.29, 1.82) is 0 Å². The summed E-state index contributed by atoms with van der Waals surface area (Å²) in [4.78, 5) is 11.3. The zero-order valence-electron chi connectivity index (χ0n) is 12.1. The number of hydrogen-bond acceptors (Lipinski definition) is 4. The molecule has 1 N–H and O–H groups in total. The Labute approximate surface area is 119 Å². The summed E-state index contributed by atoms with van der Waals surface area (Å²) in [5.41, 5.74) is 3.26. The molecule has 0 heterocycles. The summed E-state index contributed by atoms with van der Waals surface area (Å²) in [6.07, 6.45) is 3.22. The van der Waals surface area contributed by atoms with Gasteiger partial charge in [0.15, 0.2) is 11.5 Å². The standard InChI is InChI=1S/C15H20N2O3/c1-5-8-20-13-7-6-12(9-14(13)19-4)10-16-17-15(18)11(2)3/h5-7,9-11H,1,8H2,2-4H3,(H,17,18)/b16-10+. The zero-order chi connectivity index (χ0) is 15.0. The Balaban J connectivity index is 2.74. The first kappa shape index (κ1) is 15.8. The Kier molecular flexibility index (Phi) is 6.29. The van der Waals surface area contributed by atoms with E-state index in [1.54, 1.807) is 45.4 Å². The molecule has 1 rings (SSSR count). The highest BCUT2D eigenvalue weighted by Gasteiger charge is 2.05. The van der Waals surface area contributed by atoms with Crippen LogP contribution in [0.1, 0.15) is 19.4 Å². The average Bonchev–Trinajstić information content (AvgIpc) is 2.45. The van der Waals surface area contributed by atoms with E-state index >= 15 is 0 Å². The number of carbonyl (C=O) groups excluding carboxylic acids is 1. The van der Waals surface area contributed by atoms with Gasteiger partial charge in [-0.2, -0.15) is 5.10 Å². The topological polar surface area (TPSA) is 59.9 Å². The maximum atomic E-state index is 11.3. The Morgan fingerprint density at radius 3 is 2.80 bits per heavy atom. The van der Waals surface area contributed by atoms with E-state index in [2.05, 4.69) is 17.1 Å². The molecule has 0 fully saturated rings. The van der Waals surface area contributed by atoms with Gasteiger partial charge in [0.25, 0.3) is 0 Å². The van der Waals surface area contributed by atoms with Crippen LogP contribution < -0.4 is 14.9 Å². The molecule has 0 aliphatic carbocycles. The van der Waals surface area contributed by atoms with Crippen molar-refractivity contribution in [2.75, 3.05) is 13.7 Å². The molecule has 0 saturated carbocycles. The predicted octanol–water partition coefficient (Wildman–Crippen LogP) is 2.37. The van der Waals surface area contributed by atoms with Crippen molar-refractivity contribution in [2.24, 2.45) is 11.0 Å². The largest absolute Gasteiger partial charge is 0.493 e. The second kappa shape index (κ2) is 7.99. The third kappa shape index (κ3) is 4.76. The van der Waals surface area contributed by atoms with Crippen LogP contribution in [0.25, 0.3) is 0 Å². The molecule has 0 spiro atoms. The predicted molar refractivity (Wildman–Crippen MR) is 79.3 cm³/mol. The second-order valence-corrected chi connectivity index (χ2v) is 4.40.